The van der Waals surface area contributed by atoms with Crippen molar-refractivity contribution in [3.8, 4) is 5.69 Å². The van der Waals surface area contributed by atoms with Gasteiger partial charge < -0.3 is 0 Å². The summed E-state index contributed by atoms with van der Waals surface area (Å²) >= 11 is 5.81. The van der Waals surface area contributed by atoms with Gasteiger partial charge in [-0.1, -0.05) is 30.7 Å². The number of halogens is 2. The maximum absolute atomic E-state index is 14.7. The zero-order chi connectivity index (χ0) is 22.2. The van der Waals surface area contributed by atoms with Crippen molar-refractivity contribution in [3.05, 3.63) is 93.4 Å². The van der Waals surface area contributed by atoms with Crippen LogP contribution in [0.5, 0.6) is 0 Å². The summed E-state index contributed by atoms with van der Waals surface area (Å²) in [6.45, 7) is 1.75. The Kier molecular flexibility index (Phi) is 5.58. The van der Waals surface area contributed by atoms with Crippen molar-refractivity contribution < 1.29 is 14.0 Å². The Labute approximate surface area is 183 Å². The third-order valence-corrected chi connectivity index (χ3v) is 6.12. The molecule has 0 aliphatic heterocycles. The quantitative estimate of drug-likeness (QED) is 0.559. The molecule has 0 radical (unpaired) electrons. The maximum atomic E-state index is 14.7. The Balaban J connectivity index is 1.43. The molecule has 4 rings (SSSR count). The zero-order valence-electron chi connectivity index (χ0n) is 16.8. The number of carbonyl (C=O) groups excluding carboxylic acids is 2. The predicted octanol–water partition coefficient (Wildman–Crippen LogP) is 3.97. The van der Waals surface area contributed by atoms with Gasteiger partial charge in [0, 0.05) is 48.3 Å². The van der Waals surface area contributed by atoms with Crippen molar-refractivity contribution >= 4 is 23.2 Å². The first-order chi connectivity index (χ1) is 14.8. The number of rotatable bonds is 7. The highest BCUT2D eigenvalue weighted by atomic mass is 35.5. The maximum Gasteiger partial charge on any atom is 0.255 e. The summed E-state index contributed by atoms with van der Waals surface area (Å²) in [6, 6.07) is 12.4. The summed E-state index contributed by atoms with van der Waals surface area (Å²) < 4.78 is 16.0. The molecule has 0 bridgehead atoms. The van der Waals surface area contributed by atoms with E-state index < -0.39 is 11.2 Å². The lowest BCUT2D eigenvalue weighted by atomic mass is 9.92. The lowest BCUT2D eigenvalue weighted by molar-refractivity contribution is -0.127. The average Bonchev–Trinajstić information content (AvgIpc) is 3.45. The summed E-state index contributed by atoms with van der Waals surface area (Å²) in [7, 11) is 0. The van der Waals surface area contributed by atoms with Crippen molar-refractivity contribution in [1.82, 2.24) is 9.55 Å². The van der Waals surface area contributed by atoms with E-state index >= 15 is 0 Å². The van der Waals surface area contributed by atoms with E-state index in [4.69, 9.17) is 11.6 Å². The van der Waals surface area contributed by atoms with Gasteiger partial charge in [-0.3, -0.25) is 23.9 Å². The lowest BCUT2D eigenvalue weighted by Crippen LogP contribution is -2.22. The first kappa shape index (κ1) is 21.1. The van der Waals surface area contributed by atoms with Crippen molar-refractivity contribution in [2.24, 2.45) is 11.3 Å². The molecular formula is C24H20ClFN2O3. The minimum absolute atomic E-state index is 0.0510. The molecule has 1 aromatic carbocycles. The number of nitrogens with zero attached hydrogens (tertiary/aromatic N) is 2. The number of carbonyl (C=O) groups is 2. The van der Waals surface area contributed by atoms with Crippen molar-refractivity contribution in [1.29, 1.82) is 0 Å². The van der Waals surface area contributed by atoms with Crippen LogP contribution in [0.15, 0.2) is 65.7 Å². The molecule has 1 saturated carbocycles. The molecule has 7 heteroatoms. The highest BCUT2D eigenvalue weighted by Crippen LogP contribution is 2.54. The van der Waals surface area contributed by atoms with Crippen LogP contribution >= 0.6 is 11.6 Å². The number of ketones is 2. The molecule has 2 atom stereocenters. The van der Waals surface area contributed by atoms with Gasteiger partial charge in [0.15, 0.2) is 0 Å². The molecule has 0 N–H and O–H groups in total. The van der Waals surface area contributed by atoms with Crippen LogP contribution in [0, 0.1) is 17.2 Å². The van der Waals surface area contributed by atoms with E-state index in [2.05, 4.69) is 4.98 Å². The Morgan fingerprint density at radius 2 is 2.00 bits per heavy atom. The molecule has 0 saturated heterocycles. The molecule has 158 valence electrons. The topological polar surface area (TPSA) is 69.0 Å². The molecule has 3 aromatic rings. The molecule has 0 amide bonds. The number of aromatic nitrogens is 2. The Hall–Kier alpha value is -3.12. The molecular weight excluding hydrogens is 419 g/mol. The molecule has 1 fully saturated rings. The average molecular weight is 439 g/mol. The van der Waals surface area contributed by atoms with Gasteiger partial charge in [0.05, 0.1) is 10.7 Å². The molecule has 2 aromatic heterocycles. The van der Waals surface area contributed by atoms with Gasteiger partial charge in [0.1, 0.15) is 17.4 Å². The smallest absolute Gasteiger partial charge is 0.255 e. The highest BCUT2D eigenvalue weighted by Gasteiger charge is 2.58. The Morgan fingerprint density at radius 1 is 1.19 bits per heavy atom. The normalized spacial score (nSPS) is 19.8. The minimum Gasteiger partial charge on any atom is -0.299 e. The Bertz CT molecular complexity index is 1220. The van der Waals surface area contributed by atoms with Gasteiger partial charge in [-0.15, -0.1) is 0 Å². The summed E-state index contributed by atoms with van der Waals surface area (Å²) in [5, 5.41) is 0.493. The van der Waals surface area contributed by atoms with E-state index in [1.165, 1.54) is 29.0 Å². The fraction of sp³-hybridized carbons (Fsp3) is 0.250. The zero-order valence-corrected chi connectivity index (χ0v) is 17.6. The largest absolute Gasteiger partial charge is 0.299 e. The first-order valence-electron chi connectivity index (χ1n) is 9.91. The number of hydrogen-bond donors (Lipinski definition) is 0. The third kappa shape index (κ3) is 4.35. The minimum atomic E-state index is -0.787. The molecule has 31 heavy (non-hydrogen) atoms. The molecule has 5 nitrogen and oxygen atoms in total. The van der Waals surface area contributed by atoms with E-state index in [1.807, 2.05) is 0 Å². The second-order valence-corrected chi connectivity index (χ2v) is 8.51. The van der Waals surface area contributed by atoms with E-state index in [1.54, 1.807) is 43.5 Å². The second kappa shape index (κ2) is 8.19. The summed E-state index contributed by atoms with van der Waals surface area (Å²) in [5.74, 6) is -1.16. The molecule has 2 heterocycles. The van der Waals surface area contributed by atoms with Gasteiger partial charge in [-0.25, -0.2) is 4.39 Å². The van der Waals surface area contributed by atoms with Gasteiger partial charge in [0.2, 0.25) is 0 Å². The summed E-state index contributed by atoms with van der Waals surface area (Å²) in [6.07, 6.45) is 3.53. The van der Waals surface area contributed by atoms with Crippen LogP contribution in [0.2, 0.25) is 5.02 Å². The van der Waals surface area contributed by atoms with Gasteiger partial charge in [-0.05, 0) is 42.3 Å². The monoisotopic (exact) mass is 438 g/mol. The fourth-order valence-corrected chi connectivity index (χ4v) is 3.91. The molecule has 0 spiro atoms. The van der Waals surface area contributed by atoms with Crippen LogP contribution in [0.25, 0.3) is 5.69 Å². The van der Waals surface area contributed by atoms with Crippen LogP contribution < -0.4 is 5.56 Å². The number of hydrogen-bond acceptors (Lipinski definition) is 4. The van der Waals surface area contributed by atoms with E-state index in [0.717, 1.165) is 0 Å². The molecule has 1 aliphatic carbocycles. The van der Waals surface area contributed by atoms with Crippen molar-refractivity contribution in [2.75, 3.05) is 0 Å². The highest BCUT2D eigenvalue weighted by molar-refractivity contribution is 6.30. The van der Waals surface area contributed by atoms with Crippen LogP contribution in [0.1, 0.15) is 24.6 Å². The van der Waals surface area contributed by atoms with Crippen LogP contribution in [-0.2, 0) is 22.4 Å². The SMILES string of the molecule is C[C@]1(C(=O)Cc2ccc(-n3ccccc3=O)cc2F)C[C@H]1C(=O)Cc1ccc(Cl)cn1. The second-order valence-electron chi connectivity index (χ2n) is 8.07. The lowest BCUT2D eigenvalue weighted by Gasteiger charge is -2.12. The van der Waals surface area contributed by atoms with Crippen molar-refractivity contribution in [2.45, 2.75) is 26.2 Å². The van der Waals surface area contributed by atoms with Crippen LogP contribution in [0.3, 0.4) is 0 Å². The number of benzene rings is 1. The molecule has 1 aliphatic rings. The third-order valence-electron chi connectivity index (χ3n) is 5.90. The summed E-state index contributed by atoms with van der Waals surface area (Å²) in [4.78, 5) is 41.5. The van der Waals surface area contributed by atoms with E-state index in [-0.39, 0.29) is 41.4 Å². The summed E-state index contributed by atoms with van der Waals surface area (Å²) in [5.41, 5.74) is 0.184. The van der Waals surface area contributed by atoms with Crippen LogP contribution in [-0.4, -0.2) is 21.1 Å². The number of pyridine rings is 2. The number of Topliss-reactive ketones (excluding diaryl/α,β-unsaturated/α-hetero) is 2. The fourth-order valence-electron chi connectivity index (χ4n) is 3.80. The predicted molar refractivity (Wildman–Crippen MR) is 115 cm³/mol. The standard InChI is InChI=1S/C24H20ClFN2O3/c1-24(13-19(24)21(29)11-17-7-6-16(25)14-27-17)22(30)10-15-5-8-18(12-20(15)26)28-9-3-2-4-23(28)31/h2-9,12,14,19H,10-11,13H2,1H3/t19-,24-/m0/s1. The van der Waals surface area contributed by atoms with Gasteiger partial charge >= 0.3 is 0 Å². The van der Waals surface area contributed by atoms with Crippen molar-refractivity contribution in [3.63, 3.8) is 0 Å². The Morgan fingerprint density at radius 3 is 2.68 bits per heavy atom. The van der Waals surface area contributed by atoms with Gasteiger partial charge in [-0.2, -0.15) is 0 Å². The van der Waals surface area contributed by atoms with E-state index in [9.17, 15) is 18.8 Å². The van der Waals surface area contributed by atoms with E-state index in [0.29, 0.717) is 22.8 Å². The molecule has 0 unspecified atom stereocenters. The first-order valence-corrected chi connectivity index (χ1v) is 10.3. The van der Waals surface area contributed by atoms with Crippen LogP contribution in [0.4, 0.5) is 4.39 Å². The van der Waals surface area contributed by atoms with Gasteiger partial charge in [0.25, 0.3) is 5.56 Å².